The normalized spacial score (nSPS) is 10.9. The number of benzene rings is 3. The smallest absolute Gasteiger partial charge is 0.329 e. The van der Waals surface area contributed by atoms with E-state index in [1.807, 2.05) is 0 Å². The maximum atomic E-state index is 12.4. The van der Waals surface area contributed by atoms with Crippen molar-refractivity contribution in [2.45, 2.75) is 13.5 Å². The molecule has 11 heteroatoms. The summed E-state index contributed by atoms with van der Waals surface area (Å²) in [5.41, 5.74) is 4.24. The zero-order chi connectivity index (χ0) is 26.9. The Kier molecular flexibility index (Phi) is 9.59. The van der Waals surface area contributed by atoms with Crippen molar-refractivity contribution in [2.24, 2.45) is 5.10 Å². The summed E-state index contributed by atoms with van der Waals surface area (Å²) in [7, 11) is 4.43. The average Bonchev–Trinajstić information content (AvgIpc) is 2.91. The predicted molar refractivity (Wildman–Crippen MR) is 142 cm³/mol. The maximum Gasteiger partial charge on any atom is 0.329 e. The van der Waals surface area contributed by atoms with Crippen LogP contribution < -0.4 is 29.7 Å². The lowest BCUT2D eigenvalue weighted by atomic mass is 10.1. The number of ether oxygens (including phenoxy) is 4. The Morgan fingerprint density at radius 3 is 2.16 bits per heavy atom. The third-order valence-corrected chi connectivity index (χ3v) is 5.91. The van der Waals surface area contributed by atoms with Gasteiger partial charge in [-0.15, -0.1) is 0 Å². The van der Waals surface area contributed by atoms with Gasteiger partial charge in [0.25, 0.3) is 0 Å². The van der Waals surface area contributed by atoms with E-state index < -0.39 is 11.8 Å². The van der Waals surface area contributed by atoms with Gasteiger partial charge in [-0.2, -0.15) is 5.10 Å². The summed E-state index contributed by atoms with van der Waals surface area (Å²) in [6.45, 7) is 1.81. The lowest BCUT2D eigenvalue weighted by molar-refractivity contribution is -0.136. The Morgan fingerprint density at radius 1 is 0.838 bits per heavy atom. The summed E-state index contributed by atoms with van der Waals surface area (Å²) < 4.78 is 21.6. The first kappa shape index (κ1) is 27.6. The van der Waals surface area contributed by atoms with Gasteiger partial charge in [0.15, 0.2) is 11.5 Å². The number of rotatable bonds is 9. The molecule has 0 atom stereocenters. The number of anilines is 1. The second-order valence-electron chi connectivity index (χ2n) is 7.51. The number of hydrogen-bond donors (Lipinski definition) is 2. The van der Waals surface area contributed by atoms with E-state index in [2.05, 4.69) is 15.8 Å². The minimum absolute atomic E-state index is 0.143. The van der Waals surface area contributed by atoms with E-state index >= 15 is 0 Å². The highest BCUT2D eigenvalue weighted by Crippen LogP contribution is 2.32. The molecular formula is C26H25Cl2N3O6. The molecule has 0 saturated heterocycles. The molecule has 0 aliphatic heterocycles. The second kappa shape index (κ2) is 12.8. The van der Waals surface area contributed by atoms with Crippen LogP contribution >= 0.6 is 23.2 Å². The number of amides is 2. The van der Waals surface area contributed by atoms with Crippen LogP contribution in [0.2, 0.25) is 10.0 Å². The van der Waals surface area contributed by atoms with Crippen LogP contribution in [0.4, 0.5) is 5.69 Å². The Balaban J connectivity index is 1.67. The molecule has 2 N–H and O–H groups in total. The van der Waals surface area contributed by atoms with E-state index in [1.165, 1.54) is 27.4 Å². The molecule has 2 amide bonds. The molecule has 0 aromatic heterocycles. The van der Waals surface area contributed by atoms with E-state index in [1.54, 1.807) is 55.5 Å². The standard InChI is InChI=1S/C26H25Cl2N3O6/c1-15(30-31-26(33)25(32)29-21-13-17(34-2)9-11-22(21)35-3)16-8-10-23(24(12-16)36-4)37-14-18-19(27)6-5-7-20(18)28/h5-13H,14H2,1-4H3,(H,29,32)(H,31,33)/b30-15+. The first-order valence-electron chi connectivity index (χ1n) is 10.9. The predicted octanol–water partition coefficient (Wildman–Crippen LogP) is 5.08. The van der Waals surface area contributed by atoms with Gasteiger partial charge in [0.2, 0.25) is 0 Å². The number of nitrogens with one attached hydrogen (secondary N) is 2. The Hall–Kier alpha value is -3.95. The summed E-state index contributed by atoms with van der Waals surface area (Å²) in [5, 5.41) is 7.50. The fourth-order valence-electron chi connectivity index (χ4n) is 3.17. The van der Waals surface area contributed by atoms with Gasteiger partial charge < -0.3 is 24.3 Å². The molecule has 194 valence electrons. The highest BCUT2D eigenvalue weighted by atomic mass is 35.5. The van der Waals surface area contributed by atoms with Gasteiger partial charge in [0, 0.05) is 27.2 Å². The summed E-state index contributed by atoms with van der Waals surface area (Å²) >= 11 is 12.4. The topological polar surface area (TPSA) is 107 Å². The molecule has 37 heavy (non-hydrogen) atoms. The number of nitrogens with zero attached hydrogens (tertiary/aromatic N) is 1. The monoisotopic (exact) mass is 545 g/mol. The van der Waals surface area contributed by atoms with Crippen LogP contribution in [0.25, 0.3) is 0 Å². The molecule has 0 spiro atoms. The number of hydrazone groups is 1. The fourth-order valence-corrected chi connectivity index (χ4v) is 3.68. The van der Waals surface area contributed by atoms with Gasteiger partial charge in [-0.3, -0.25) is 9.59 Å². The van der Waals surface area contributed by atoms with Gasteiger partial charge in [-0.1, -0.05) is 29.3 Å². The number of carbonyl (C=O) groups excluding carboxylic acids is 2. The van der Waals surface area contributed by atoms with Crippen molar-refractivity contribution < 1.29 is 28.5 Å². The van der Waals surface area contributed by atoms with Crippen LogP contribution in [0.15, 0.2) is 59.7 Å². The largest absolute Gasteiger partial charge is 0.497 e. The molecule has 0 saturated carbocycles. The van der Waals surface area contributed by atoms with Crippen LogP contribution in [0.5, 0.6) is 23.0 Å². The van der Waals surface area contributed by atoms with Crippen LogP contribution in [-0.2, 0) is 16.2 Å². The Morgan fingerprint density at radius 2 is 1.51 bits per heavy atom. The van der Waals surface area contributed by atoms with Gasteiger partial charge in [0.1, 0.15) is 18.1 Å². The third-order valence-electron chi connectivity index (χ3n) is 5.20. The maximum absolute atomic E-state index is 12.4. The first-order valence-corrected chi connectivity index (χ1v) is 11.6. The molecule has 3 aromatic carbocycles. The molecule has 0 aliphatic rings. The summed E-state index contributed by atoms with van der Waals surface area (Å²) in [6.07, 6.45) is 0. The van der Waals surface area contributed by atoms with E-state index in [4.69, 9.17) is 42.1 Å². The molecule has 3 rings (SSSR count). The molecule has 0 radical (unpaired) electrons. The molecule has 3 aromatic rings. The average molecular weight is 546 g/mol. The molecule has 0 fully saturated rings. The molecule has 0 unspecified atom stereocenters. The third kappa shape index (κ3) is 7.05. The number of halogens is 2. The van der Waals surface area contributed by atoms with Gasteiger partial charge >= 0.3 is 11.8 Å². The van der Waals surface area contributed by atoms with E-state index in [-0.39, 0.29) is 12.3 Å². The zero-order valence-corrected chi connectivity index (χ0v) is 22.1. The van der Waals surface area contributed by atoms with Crippen molar-refractivity contribution in [3.63, 3.8) is 0 Å². The highest BCUT2D eigenvalue weighted by molar-refractivity contribution is 6.40. The second-order valence-corrected chi connectivity index (χ2v) is 8.33. The summed E-state index contributed by atoms with van der Waals surface area (Å²) in [6, 6.07) is 15.1. The van der Waals surface area contributed by atoms with Crippen LogP contribution in [0.3, 0.4) is 0 Å². The molecule has 0 bridgehead atoms. The lowest BCUT2D eigenvalue weighted by Crippen LogP contribution is -2.33. The Labute approximate surface area is 224 Å². The summed E-state index contributed by atoms with van der Waals surface area (Å²) in [5.74, 6) is -0.139. The summed E-state index contributed by atoms with van der Waals surface area (Å²) in [4.78, 5) is 24.7. The van der Waals surface area contributed by atoms with Crippen molar-refractivity contribution >= 4 is 46.4 Å². The van der Waals surface area contributed by atoms with Crippen molar-refractivity contribution in [1.82, 2.24) is 5.43 Å². The van der Waals surface area contributed by atoms with Gasteiger partial charge in [0.05, 0.1) is 32.7 Å². The van der Waals surface area contributed by atoms with Crippen molar-refractivity contribution in [2.75, 3.05) is 26.6 Å². The molecule has 0 heterocycles. The first-order chi connectivity index (χ1) is 17.8. The Bertz CT molecular complexity index is 1310. The van der Waals surface area contributed by atoms with Crippen LogP contribution in [-0.4, -0.2) is 38.9 Å². The van der Waals surface area contributed by atoms with Crippen molar-refractivity contribution in [3.05, 3.63) is 75.8 Å². The molecule has 0 aliphatic carbocycles. The van der Waals surface area contributed by atoms with E-state index in [0.717, 1.165) is 0 Å². The van der Waals surface area contributed by atoms with Crippen LogP contribution in [0, 0.1) is 0 Å². The van der Waals surface area contributed by atoms with Crippen molar-refractivity contribution in [1.29, 1.82) is 0 Å². The highest BCUT2D eigenvalue weighted by Gasteiger charge is 2.17. The number of methoxy groups -OCH3 is 3. The quantitative estimate of drug-likeness (QED) is 0.220. The van der Waals surface area contributed by atoms with Gasteiger partial charge in [-0.25, -0.2) is 5.43 Å². The minimum atomic E-state index is -0.965. The molecular weight excluding hydrogens is 521 g/mol. The minimum Gasteiger partial charge on any atom is -0.497 e. The number of hydrogen-bond acceptors (Lipinski definition) is 7. The van der Waals surface area contributed by atoms with E-state index in [9.17, 15) is 9.59 Å². The molecule has 9 nitrogen and oxygen atoms in total. The van der Waals surface area contributed by atoms with Crippen LogP contribution in [0.1, 0.15) is 18.1 Å². The van der Waals surface area contributed by atoms with E-state index in [0.29, 0.717) is 49.9 Å². The fraction of sp³-hybridized carbons (Fsp3) is 0.192. The van der Waals surface area contributed by atoms with Gasteiger partial charge in [-0.05, 0) is 49.4 Å². The SMILES string of the molecule is COc1ccc(OC)c(NC(=O)C(=O)N/N=C(\C)c2ccc(OCc3c(Cl)cccc3Cl)c(OC)c2)c1. The number of carbonyl (C=O) groups is 2. The lowest BCUT2D eigenvalue weighted by Gasteiger charge is -2.14. The zero-order valence-electron chi connectivity index (χ0n) is 20.6. The van der Waals surface area contributed by atoms with Crippen molar-refractivity contribution in [3.8, 4) is 23.0 Å².